The third-order valence-corrected chi connectivity index (χ3v) is 5.43. The normalized spacial score (nSPS) is 10.8. The fourth-order valence-corrected chi connectivity index (χ4v) is 4.31. The van der Waals surface area contributed by atoms with E-state index in [1.807, 2.05) is 0 Å². The van der Waals surface area contributed by atoms with E-state index in [0.717, 1.165) is 0 Å². The molecule has 3 heteroatoms. The van der Waals surface area contributed by atoms with Crippen molar-refractivity contribution in [1.29, 1.82) is 0 Å². The van der Waals surface area contributed by atoms with Crippen LogP contribution in [0.4, 0.5) is 0 Å². The molecule has 0 spiro atoms. The van der Waals surface area contributed by atoms with E-state index in [4.69, 9.17) is 0 Å². The Labute approximate surface area is 146 Å². The summed E-state index contributed by atoms with van der Waals surface area (Å²) >= 11 is 5.21. The topological polar surface area (TPSA) is 15.8 Å². The Morgan fingerprint density at radius 3 is 1.91 bits per heavy atom. The smallest absolute Gasteiger partial charge is 0.0711 e. The van der Waals surface area contributed by atoms with Gasteiger partial charge in [-0.05, 0) is 45.6 Å². The Morgan fingerprint density at radius 2 is 1.26 bits per heavy atom. The van der Waals surface area contributed by atoms with Gasteiger partial charge >= 0.3 is 0 Å². The number of halogens is 1. The van der Waals surface area contributed by atoms with E-state index in [9.17, 15) is 0 Å². The molecule has 0 unspecified atom stereocenters. The highest BCUT2D eigenvalue weighted by Gasteiger charge is 2.00. The van der Waals surface area contributed by atoms with Crippen molar-refractivity contribution >= 4 is 59.2 Å². The molecule has 0 saturated carbocycles. The molecule has 0 atom stereocenters. The maximum atomic E-state index is 3.44. The summed E-state index contributed by atoms with van der Waals surface area (Å²) in [7, 11) is 0. The predicted molar refractivity (Wildman–Crippen MR) is 105 cm³/mol. The fourth-order valence-electron chi connectivity index (χ4n) is 2.75. The summed E-state index contributed by atoms with van der Waals surface area (Å²) in [4.78, 5) is 3.38. The summed E-state index contributed by atoms with van der Waals surface area (Å²) < 4.78 is 2.54. The van der Waals surface area contributed by atoms with Crippen molar-refractivity contribution in [2.24, 2.45) is 0 Å². The van der Waals surface area contributed by atoms with Gasteiger partial charge in [-0.2, -0.15) is 0 Å². The molecular weight excluding hydrogens is 366 g/mol. The van der Waals surface area contributed by atoms with E-state index in [1.54, 1.807) is 11.3 Å². The van der Waals surface area contributed by atoms with Crippen LogP contribution in [0.3, 0.4) is 0 Å². The van der Waals surface area contributed by atoms with Crippen molar-refractivity contribution in [3.05, 3.63) is 82.6 Å². The summed E-state index contributed by atoms with van der Waals surface area (Å²) in [6, 6.07) is 27.3. The van der Waals surface area contributed by atoms with Crippen molar-refractivity contribution in [2.45, 2.75) is 0 Å². The summed E-state index contributed by atoms with van der Waals surface area (Å²) in [5.41, 5.74) is 2.42. The van der Waals surface area contributed by atoms with Gasteiger partial charge in [0.1, 0.15) is 0 Å². The molecule has 0 aliphatic rings. The van der Waals surface area contributed by atoms with Gasteiger partial charge in [-0.25, -0.2) is 0 Å². The maximum absolute atomic E-state index is 3.44. The van der Waals surface area contributed by atoms with Crippen LogP contribution in [-0.2, 0) is 0 Å². The minimum absolute atomic E-state index is 1.20. The first kappa shape index (κ1) is 14.5. The second kappa shape index (κ2) is 6.19. The SMILES string of the molecule is Brc1cc2ccccc2s1.c1ccc2c(c1)[nH]c1ccccc12. The standard InChI is InChI=1S/C12H9N.C8H5BrS/c1-3-7-11-9(5-1)10-6-2-4-8-12(10)13-11;9-8-5-6-3-1-2-4-7(6)10-8/h1-8,13H;1-5H. The molecule has 23 heavy (non-hydrogen) atoms. The zero-order valence-electron chi connectivity index (χ0n) is 12.3. The summed E-state index contributed by atoms with van der Waals surface area (Å²) in [5.74, 6) is 0. The van der Waals surface area contributed by atoms with Crippen LogP contribution >= 0.6 is 27.3 Å². The van der Waals surface area contributed by atoms with Gasteiger partial charge in [0.25, 0.3) is 0 Å². The van der Waals surface area contributed by atoms with E-state index < -0.39 is 0 Å². The molecular formula is C20H14BrNS. The number of hydrogen-bond donors (Lipinski definition) is 1. The van der Waals surface area contributed by atoms with Gasteiger partial charge in [-0.15, -0.1) is 11.3 Å². The Morgan fingerprint density at radius 1 is 0.696 bits per heavy atom. The average molecular weight is 380 g/mol. The van der Waals surface area contributed by atoms with Gasteiger partial charge in [0, 0.05) is 26.5 Å². The van der Waals surface area contributed by atoms with Crippen LogP contribution in [0.5, 0.6) is 0 Å². The second-order valence-corrected chi connectivity index (χ2v) is 7.77. The van der Waals surface area contributed by atoms with Crippen LogP contribution in [0, 0.1) is 0 Å². The number of rotatable bonds is 0. The highest BCUT2D eigenvalue weighted by molar-refractivity contribution is 9.11. The number of thiophene rings is 1. The zero-order chi connectivity index (χ0) is 15.6. The summed E-state index contributed by atoms with van der Waals surface area (Å²) in [6.07, 6.45) is 0. The third kappa shape index (κ3) is 2.90. The average Bonchev–Trinajstić information content (AvgIpc) is 3.14. The molecule has 5 aromatic rings. The lowest BCUT2D eigenvalue weighted by atomic mass is 10.2. The van der Waals surface area contributed by atoms with Crippen LogP contribution in [0.25, 0.3) is 31.9 Å². The maximum Gasteiger partial charge on any atom is 0.0711 e. The number of benzene rings is 3. The van der Waals surface area contributed by atoms with Gasteiger partial charge in [-0.3, -0.25) is 0 Å². The molecule has 0 saturated heterocycles. The van der Waals surface area contributed by atoms with Crippen LogP contribution in [-0.4, -0.2) is 4.98 Å². The lowest BCUT2D eigenvalue weighted by Gasteiger charge is -1.87. The number of hydrogen-bond acceptors (Lipinski definition) is 1. The Kier molecular flexibility index (Phi) is 3.90. The number of aromatic amines is 1. The first-order valence-electron chi connectivity index (χ1n) is 7.41. The molecule has 0 fully saturated rings. The Bertz CT molecular complexity index is 1010. The lowest BCUT2D eigenvalue weighted by Crippen LogP contribution is -1.62. The van der Waals surface area contributed by atoms with Crippen molar-refractivity contribution in [2.75, 3.05) is 0 Å². The molecule has 0 radical (unpaired) electrons. The number of fused-ring (bicyclic) bond motifs is 4. The molecule has 1 nitrogen and oxygen atoms in total. The van der Waals surface area contributed by atoms with Crippen molar-refractivity contribution in [3.63, 3.8) is 0 Å². The van der Waals surface area contributed by atoms with Gasteiger partial charge in [0.2, 0.25) is 0 Å². The number of aromatic nitrogens is 1. The highest BCUT2D eigenvalue weighted by Crippen LogP contribution is 2.28. The van der Waals surface area contributed by atoms with Crippen LogP contribution in [0.1, 0.15) is 0 Å². The Balaban J connectivity index is 0.000000122. The van der Waals surface area contributed by atoms with Gasteiger partial charge in [-0.1, -0.05) is 54.6 Å². The molecule has 1 N–H and O–H groups in total. The molecule has 0 aliphatic heterocycles. The number of para-hydroxylation sites is 2. The minimum atomic E-state index is 1.20. The lowest BCUT2D eigenvalue weighted by molar-refractivity contribution is 1.55. The molecule has 2 aromatic heterocycles. The zero-order valence-corrected chi connectivity index (χ0v) is 14.7. The molecule has 0 amide bonds. The molecule has 0 aliphatic carbocycles. The predicted octanol–water partition coefficient (Wildman–Crippen LogP) is 6.98. The molecule has 5 rings (SSSR count). The van der Waals surface area contributed by atoms with E-state index in [1.165, 1.54) is 35.7 Å². The quantitative estimate of drug-likeness (QED) is 0.298. The third-order valence-electron chi connectivity index (χ3n) is 3.81. The largest absolute Gasteiger partial charge is 0.355 e. The van der Waals surface area contributed by atoms with Crippen LogP contribution < -0.4 is 0 Å². The highest BCUT2D eigenvalue weighted by atomic mass is 79.9. The summed E-state index contributed by atoms with van der Waals surface area (Å²) in [5, 5.41) is 3.93. The van der Waals surface area contributed by atoms with Gasteiger partial charge in [0.15, 0.2) is 0 Å². The van der Waals surface area contributed by atoms with E-state index in [2.05, 4.69) is 99.8 Å². The Hall–Kier alpha value is -2.10. The monoisotopic (exact) mass is 379 g/mol. The second-order valence-electron chi connectivity index (χ2n) is 5.30. The van der Waals surface area contributed by atoms with E-state index in [-0.39, 0.29) is 0 Å². The minimum Gasteiger partial charge on any atom is -0.355 e. The fraction of sp³-hybridized carbons (Fsp3) is 0. The van der Waals surface area contributed by atoms with E-state index >= 15 is 0 Å². The van der Waals surface area contributed by atoms with Crippen molar-refractivity contribution in [1.82, 2.24) is 4.98 Å². The van der Waals surface area contributed by atoms with Gasteiger partial charge in [0.05, 0.1) is 3.79 Å². The number of H-pyrrole nitrogens is 1. The first-order chi connectivity index (χ1) is 11.3. The van der Waals surface area contributed by atoms with E-state index in [0.29, 0.717) is 0 Å². The number of nitrogens with one attached hydrogen (secondary N) is 1. The first-order valence-corrected chi connectivity index (χ1v) is 9.02. The molecule has 112 valence electrons. The molecule has 3 aromatic carbocycles. The molecule has 2 heterocycles. The van der Waals surface area contributed by atoms with Crippen LogP contribution in [0.15, 0.2) is 82.6 Å². The van der Waals surface area contributed by atoms with Crippen LogP contribution in [0.2, 0.25) is 0 Å². The van der Waals surface area contributed by atoms with Crippen molar-refractivity contribution < 1.29 is 0 Å². The molecule has 0 bridgehead atoms. The summed E-state index contributed by atoms with van der Waals surface area (Å²) in [6.45, 7) is 0. The van der Waals surface area contributed by atoms with Crippen molar-refractivity contribution in [3.8, 4) is 0 Å². The van der Waals surface area contributed by atoms with Gasteiger partial charge < -0.3 is 4.98 Å².